The average Bonchev–Trinajstić information content (AvgIpc) is 3.40. The smallest absolute Gasteiger partial charge is 0.233 e. The van der Waals surface area contributed by atoms with Crippen LogP contribution in [-0.2, 0) is 4.79 Å². The van der Waals surface area contributed by atoms with Gasteiger partial charge in [0, 0.05) is 32.2 Å². The van der Waals surface area contributed by atoms with E-state index in [-0.39, 0.29) is 5.91 Å². The molecule has 0 atom stereocenters. The standard InChI is InChI=1S/C17H26N6OS/c1-2-21(12-6-9-18)15(24)13-25-17-20-19-16(23(17)14-7-8-14)22-10-4-3-5-11-22/h14H,2-8,10-13H2,1H3. The number of piperidine rings is 1. The van der Waals surface area contributed by atoms with Crippen molar-refractivity contribution in [3.05, 3.63) is 0 Å². The SMILES string of the molecule is CCN(CCC#N)C(=O)CSc1nnc(N2CCCCC2)n1C1CC1. The van der Waals surface area contributed by atoms with Gasteiger partial charge in [0.15, 0.2) is 5.16 Å². The molecule has 0 bridgehead atoms. The van der Waals surface area contributed by atoms with Crippen molar-refractivity contribution in [2.45, 2.75) is 56.6 Å². The van der Waals surface area contributed by atoms with Gasteiger partial charge in [-0.2, -0.15) is 5.26 Å². The molecule has 0 unspecified atom stereocenters. The number of anilines is 1. The number of aromatic nitrogens is 3. The maximum absolute atomic E-state index is 12.4. The van der Waals surface area contributed by atoms with Crippen LogP contribution < -0.4 is 4.90 Å². The fourth-order valence-electron chi connectivity index (χ4n) is 3.19. The third-order valence-electron chi connectivity index (χ3n) is 4.75. The first kappa shape index (κ1) is 18.1. The van der Waals surface area contributed by atoms with Crippen LogP contribution in [0.1, 0.15) is 51.5 Å². The maximum Gasteiger partial charge on any atom is 0.233 e. The molecule has 136 valence electrons. The summed E-state index contributed by atoms with van der Waals surface area (Å²) in [5.74, 6) is 1.39. The van der Waals surface area contributed by atoms with Crippen molar-refractivity contribution in [1.82, 2.24) is 19.7 Å². The van der Waals surface area contributed by atoms with Crippen LogP contribution in [0.3, 0.4) is 0 Å². The van der Waals surface area contributed by atoms with Gasteiger partial charge in [0.2, 0.25) is 11.9 Å². The lowest BCUT2D eigenvalue weighted by Crippen LogP contribution is -2.33. The van der Waals surface area contributed by atoms with Crippen molar-refractivity contribution in [3.8, 4) is 6.07 Å². The Hall–Kier alpha value is -1.75. The lowest BCUT2D eigenvalue weighted by Gasteiger charge is -2.27. The molecule has 1 saturated heterocycles. The van der Waals surface area contributed by atoms with Gasteiger partial charge in [0.05, 0.1) is 18.2 Å². The quantitative estimate of drug-likeness (QED) is 0.661. The molecule has 0 radical (unpaired) electrons. The number of amides is 1. The Kier molecular flexibility index (Phi) is 6.19. The highest BCUT2D eigenvalue weighted by Gasteiger charge is 2.32. The number of hydrogen-bond acceptors (Lipinski definition) is 6. The van der Waals surface area contributed by atoms with E-state index in [2.05, 4.69) is 25.7 Å². The molecule has 25 heavy (non-hydrogen) atoms. The van der Waals surface area contributed by atoms with Gasteiger partial charge in [0.25, 0.3) is 0 Å². The summed E-state index contributed by atoms with van der Waals surface area (Å²) in [7, 11) is 0. The van der Waals surface area contributed by atoms with E-state index >= 15 is 0 Å². The highest BCUT2D eigenvalue weighted by Crippen LogP contribution is 2.41. The first-order valence-corrected chi connectivity index (χ1v) is 10.2. The minimum absolute atomic E-state index is 0.0626. The van der Waals surface area contributed by atoms with Crippen LogP contribution >= 0.6 is 11.8 Å². The summed E-state index contributed by atoms with van der Waals surface area (Å²) in [6, 6.07) is 2.59. The zero-order valence-corrected chi connectivity index (χ0v) is 15.7. The molecule has 3 rings (SSSR count). The predicted molar refractivity (Wildman–Crippen MR) is 97.6 cm³/mol. The molecule has 1 aromatic heterocycles. The van der Waals surface area contributed by atoms with Crippen molar-refractivity contribution in [2.75, 3.05) is 36.8 Å². The maximum atomic E-state index is 12.4. The number of hydrogen-bond donors (Lipinski definition) is 0. The monoisotopic (exact) mass is 362 g/mol. The fraction of sp³-hybridized carbons (Fsp3) is 0.765. The largest absolute Gasteiger partial charge is 0.341 e. The van der Waals surface area contributed by atoms with Crippen LogP contribution in [0.5, 0.6) is 0 Å². The molecule has 1 saturated carbocycles. The Balaban J connectivity index is 1.65. The lowest BCUT2D eigenvalue weighted by molar-refractivity contribution is -0.128. The van der Waals surface area contributed by atoms with E-state index in [1.54, 1.807) is 4.90 Å². The molecule has 2 heterocycles. The van der Waals surface area contributed by atoms with E-state index in [0.717, 1.165) is 24.2 Å². The molecule has 1 aliphatic carbocycles. The number of rotatable bonds is 8. The first-order chi connectivity index (χ1) is 12.2. The van der Waals surface area contributed by atoms with E-state index in [4.69, 9.17) is 5.26 Å². The number of thioether (sulfide) groups is 1. The van der Waals surface area contributed by atoms with Gasteiger partial charge in [-0.25, -0.2) is 0 Å². The van der Waals surface area contributed by atoms with Gasteiger partial charge in [-0.1, -0.05) is 11.8 Å². The van der Waals surface area contributed by atoms with Crippen LogP contribution in [0.15, 0.2) is 5.16 Å². The Labute approximate surface area is 153 Å². The van der Waals surface area contributed by atoms with E-state index in [9.17, 15) is 4.79 Å². The second-order valence-corrected chi connectivity index (χ2v) is 7.54. The zero-order chi connectivity index (χ0) is 17.6. The number of carbonyl (C=O) groups is 1. The van der Waals surface area contributed by atoms with Crippen molar-refractivity contribution < 1.29 is 4.79 Å². The molecule has 0 aromatic carbocycles. The fourth-order valence-corrected chi connectivity index (χ4v) is 4.09. The van der Waals surface area contributed by atoms with E-state index in [0.29, 0.717) is 31.3 Å². The second kappa shape index (κ2) is 8.56. The van der Waals surface area contributed by atoms with Crippen molar-refractivity contribution in [2.24, 2.45) is 0 Å². The van der Waals surface area contributed by atoms with Gasteiger partial charge >= 0.3 is 0 Å². The molecule has 2 fully saturated rings. The predicted octanol–water partition coefficient (Wildman–Crippen LogP) is 2.46. The molecule has 1 aromatic rings. The first-order valence-electron chi connectivity index (χ1n) is 9.22. The molecule has 2 aliphatic rings. The molecular weight excluding hydrogens is 336 g/mol. The van der Waals surface area contributed by atoms with Crippen LogP contribution in [0, 0.1) is 11.3 Å². The number of carbonyl (C=O) groups excluding carboxylic acids is 1. The van der Waals surface area contributed by atoms with Gasteiger partial charge in [-0.3, -0.25) is 9.36 Å². The normalized spacial score (nSPS) is 17.4. The van der Waals surface area contributed by atoms with Crippen molar-refractivity contribution in [1.29, 1.82) is 5.26 Å². The Morgan fingerprint density at radius 1 is 1.32 bits per heavy atom. The topological polar surface area (TPSA) is 78.0 Å². The van der Waals surface area contributed by atoms with Gasteiger partial charge in [-0.15, -0.1) is 10.2 Å². The third-order valence-corrected chi connectivity index (χ3v) is 5.68. The molecular formula is C17H26N6OS. The molecule has 0 N–H and O–H groups in total. The van der Waals surface area contributed by atoms with Crippen molar-refractivity contribution >= 4 is 23.6 Å². The lowest BCUT2D eigenvalue weighted by atomic mass is 10.1. The summed E-state index contributed by atoms with van der Waals surface area (Å²) in [6.45, 7) is 5.18. The van der Waals surface area contributed by atoms with E-state index < -0.39 is 0 Å². The second-order valence-electron chi connectivity index (χ2n) is 6.60. The van der Waals surface area contributed by atoms with Crippen LogP contribution in [0.4, 0.5) is 5.95 Å². The zero-order valence-electron chi connectivity index (χ0n) is 14.9. The summed E-state index contributed by atoms with van der Waals surface area (Å²) in [5, 5.41) is 18.4. The van der Waals surface area contributed by atoms with E-state index in [1.807, 2.05) is 6.92 Å². The van der Waals surface area contributed by atoms with Gasteiger partial charge in [0.1, 0.15) is 0 Å². The summed E-state index contributed by atoms with van der Waals surface area (Å²) in [4.78, 5) is 16.5. The van der Waals surface area contributed by atoms with E-state index in [1.165, 1.54) is 43.9 Å². The highest BCUT2D eigenvalue weighted by atomic mass is 32.2. The number of nitriles is 1. The number of nitrogens with zero attached hydrogens (tertiary/aromatic N) is 6. The summed E-state index contributed by atoms with van der Waals surface area (Å²) >= 11 is 1.47. The van der Waals surface area contributed by atoms with Crippen LogP contribution in [0.2, 0.25) is 0 Å². The van der Waals surface area contributed by atoms with Crippen LogP contribution in [-0.4, -0.2) is 57.5 Å². The summed E-state index contributed by atoms with van der Waals surface area (Å²) < 4.78 is 2.24. The third kappa shape index (κ3) is 4.46. The van der Waals surface area contributed by atoms with Crippen molar-refractivity contribution in [3.63, 3.8) is 0 Å². The average molecular weight is 363 g/mol. The van der Waals surface area contributed by atoms with Gasteiger partial charge < -0.3 is 9.80 Å². The molecule has 1 aliphatic heterocycles. The molecule has 7 nitrogen and oxygen atoms in total. The minimum Gasteiger partial charge on any atom is -0.341 e. The summed E-state index contributed by atoms with van der Waals surface area (Å²) in [6.07, 6.45) is 6.43. The molecule has 1 amide bonds. The molecule has 0 spiro atoms. The van der Waals surface area contributed by atoms with Gasteiger partial charge in [-0.05, 0) is 39.0 Å². The van der Waals surface area contributed by atoms with Crippen LogP contribution in [0.25, 0.3) is 0 Å². The summed E-state index contributed by atoms with van der Waals surface area (Å²) in [5.41, 5.74) is 0. The Bertz CT molecular complexity index is 630. The molecule has 8 heteroatoms. The highest BCUT2D eigenvalue weighted by molar-refractivity contribution is 7.99. The Morgan fingerprint density at radius 2 is 2.08 bits per heavy atom. The minimum atomic E-state index is 0.0626. The Morgan fingerprint density at radius 3 is 2.72 bits per heavy atom.